The van der Waals surface area contributed by atoms with Gasteiger partial charge in [-0.05, 0) is 43.5 Å². The molecule has 1 amide bonds. The van der Waals surface area contributed by atoms with Crippen molar-refractivity contribution in [2.75, 3.05) is 11.4 Å². The number of amides is 1. The Hall–Kier alpha value is -3.09. The first-order valence-corrected chi connectivity index (χ1v) is 9.28. The predicted octanol–water partition coefficient (Wildman–Crippen LogP) is 4.32. The second kappa shape index (κ2) is 7.88. The molecule has 3 aromatic rings. The van der Waals surface area contributed by atoms with E-state index >= 15 is 0 Å². The molecule has 1 aromatic heterocycles. The predicted molar refractivity (Wildman–Crippen MR) is 99.7 cm³/mol. The van der Waals surface area contributed by atoms with Crippen molar-refractivity contribution in [1.82, 2.24) is 10.2 Å². The number of hydrogen-bond donors (Lipinski definition) is 0. The Morgan fingerprint density at radius 2 is 1.86 bits per heavy atom. The maximum Gasteiger partial charge on any atom is 0.247 e. The lowest BCUT2D eigenvalue weighted by Crippen LogP contribution is -2.36. The van der Waals surface area contributed by atoms with Crippen LogP contribution in [0.4, 0.5) is 14.5 Å². The van der Waals surface area contributed by atoms with Crippen LogP contribution in [0.3, 0.4) is 0 Å². The van der Waals surface area contributed by atoms with Crippen LogP contribution in [0.1, 0.15) is 30.7 Å². The maximum atomic E-state index is 14.2. The van der Waals surface area contributed by atoms with Crippen LogP contribution < -0.4 is 4.90 Å². The lowest BCUT2D eigenvalue weighted by Gasteiger charge is -2.30. The van der Waals surface area contributed by atoms with Gasteiger partial charge in [-0.15, -0.1) is 10.2 Å². The van der Waals surface area contributed by atoms with Crippen LogP contribution in [0, 0.1) is 11.6 Å². The number of carbonyl (C=O) groups excluding carboxylic acids is 1. The van der Waals surface area contributed by atoms with Crippen LogP contribution >= 0.6 is 0 Å². The Balaban J connectivity index is 1.39. The number of nitrogens with zero attached hydrogens (tertiary/aromatic N) is 3. The molecule has 0 unspecified atom stereocenters. The van der Waals surface area contributed by atoms with Crippen LogP contribution in [-0.2, 0) is 17.6 Å². The van der Waals surface area contributed by atoms with Crippen LogP contribution in [0.2, 0.25) is 0 Å². The number of halogens is 2. The molecule has 0 fully saturated rings. The van der Waals surface area contributed by atoms with Crippen molar-refractivity contribution < 1.29 is 18.0 Å². The van der Waals surface area contributed by atoms with Gasteiger partial charge in [0.1, 0.15) is 11.6 Å². The minimum absolute atomic E-state index is 0.0837. The van der Waals surface area contributed by atoms with E-state index in [2.05, 4.69) is 10.2 Å². The Kier molecular flexibility index (Phi) is 5.14. The van der Waals surface area contributed by atoms with E-state index in [0.717, 1.165) is 17.7 Å². The van der Waals surface area contributed by atoms with Gasteiger partial charge in [-0.1, -0.05) is 18.2 Å². The summed E-state index contributed by atoms with van der Waals surface area (Å²) in [6.07, 6.45) is 2.17. The maximum absolute atomic E-state index is 14.2. The summed E-state index contributed by atoms with van der Waals surface area (Å²) >= 11 is 0. The summed E-state index contributed by atoms with van der Waals surface area (Å²) in [5.41, 5.74) is 1.20. The third-order valence-electron chi connectivity index (χ3n) is 4.82. The molecule has 7 heteroatoms. The van der Waals surface area contributed by atoms with Gasteiger partial charge in [0.2, 0.25) is 17.7 Å². The minimum atomic E-state index is -0.561. The number of aromatic nitrogens is 2. The molecule has 4 rings (SSSR count). The number of rotatable bonds is 5. The SMILES string of the molecule is O=C(CCCc1nnc(-c2ccccc2)o1)N1CCCc2c(F)ccc(F)c21. The molecule has 0 saturated heterocycles. The first kappa shape index (κ1) is 18.3. The molecule has 0 bridgehead atoms. The van der Waals surface area contributed by atoms with E-state index in [1.54, 1.807) is 0 Å². The van der Waals surface area contributed by atoms with Gasteiger partial charge < -0.3 is 9.32 Å². The number of carbonyl (C=O) groups is 1. The monoisotopic (exact) mass is 383 g/mol. The summed E-state index contributed by atoms with van der Waals surface area (Å²) in [5, 5.41) is 8.03. The van der Waals surface area contributed by atoms with Crippen molar-refractivity contribution in [3.63, 3.8) is 0 Å². The van der Waals surface area contributed by atoms with Gasteiger partial charge in [0, 0.05) is 30.5 Å². The summed E-state index contributed by atoms with van der Waals surface area (Å²) in [7, 11) is 0. The van der Waals surface area contributed by atoms with Gasteiger partial charge in [-0.25, -0.2) is 8.78 Å². The molecule has 0 N–H and O–H groups in total. The lowest BCUT2D eigenvalue weighted by molar-refractivity contribution is -0.118. The topological polar surface area (TPSA) is 59.2 Å². The van der Waals surface area contributed by atoms with Crippen molar-refractivity contribution in [2.45, 2.75) is 32.1 Å². The molecular weight excluding hydrogens is 364 g/mol. The van der Waals surface area contributed by atoms with Crippen LogP contribution in [0.5, 0.6) is 0 Å². The van der Waals surface area contributed by atoms with E-state index in [1.165, 1.54) is 4.90 Å². The van der Waals surface area contributed by atoms with Gasteiger partial charge in [0.15, 0.2) is 0 Å². The molecule has 2 aromatic carbocycles. The summed E-state index contributed by atoms with van der Waals surface area (Å²) in [6, 6.07) is 11.6. The van der Waals surface area contributed by atoms with E-state index in [9.17, 15) is 13.6 Å². The number of hydrogen-bond acceptors (Lipinski definition) is 4. The van der Waals surface area contributed by atoms with Crippen molar-refractivity contribution in [3.05, 3.63) is 65.6 Å². The highest BCUT2D eigenvalue weighted by Crippen LogP contribution is 2.32. The summed E-state index contributed by atoms with van der Waals surface area (Å²) in [4.78, 5) is 14.0. The average molecular weight is 383 g/mol. The molecule has 0 atom stereocenters. The Morgan fingerprint density at radius 3 is 2.68 bits per heavy atom. The molecule has 1 aliphatic heterocycles. The molecule has 28 heavy (non-hydrogen) atoms. The molecule has 0 aliphatic carbocycles. The summed E-state index contributed by atoms with van der Waals surface area (Å²) in [5.74, 6) is -0.373. The van der Waals surface area contributed by atoms with Crippen LogP contribution in [0.15, 0.2) is 46.9 Å². The van der Waals surface area contributed by atoms with E-state index in [0.29, 0.717) is 44.0 Å². The molecular formula is C21H19F2N3O2. The van der Waals surface area contributed by atoms with Crippen molar-refractivity contribution >= 4 is 11.6 Å². The van der Waals surface area contributed by atoms with E-state index in [-0.39, 0.29) is 23.6 Å². The Bertz CT molecular complexity index is 989. The van der Waals surface area contributed by atoms with Crippen LogP contribution in [0.25, 0.3) is 11.5 Å². The third kappa shape index (κ3) is 3.65. The Morgan fingerprint density at radius 1 is 1.07 bits per heavy atom. The van der Waals surface area contributed by atoms with E-state index in [4.69, 9.17) is 4.42 Å². The second-order valence-electron chi connectivity index (χ2n) is 6.73. The van der Waals surface area contributed by atoms with Gasteiger partial charge >= 0.3 is 0 Å². The largest absolute Gasteiger partial charge is 0.421 e. The minimum Gasteiger partial charge on any atom is -0.421 e. The lowest BCUT2D eigenvalue weighted by atomic mass is 10.00. The second-order valence-corrected chi connectivity index (χ2v) is 6.73. The van der Waals surface area contributed by atoms with Gasteiger partial charge in [-0.3, -0.25) is 4.79 Å². The number of benzene rings is 2. The highest BCUT2D eigenvalue weighted by atomic mass is 19.1. The zero-order valence-corrected chi connectivity index (χ0v) is 15.2. The summed E-state index contributed by atoms with van der Waals surface area (Å²) < 4.78 is 33.8. The molecule has 0 saturated carbocycles. The molecule has 1 aliphatic rings. The smallest absolute Gasteiger partial charge is 0.247 e. The highest BCUT2D eigenvalue weighted by Gasteiger charge is 2.27. The Labute approximate surface area is 161 Å². The van der Waals surface area contributed by atoms with Gasteiger partial charge in [0.25, 0.3) is 0 Å². The number of fused-ring (bicyclic) bond motifs is 1. The zero-order chi connectivity index (χ0) is 19.5. The summed E-state index contributed by atoms with van der Waals surface area (Å²) in [6.45, 7) is 0.394. The normalized spacial score (nSPS) is 13.4. The first-order chi connectivity index (χ1) is 13.6. The first-order valence-electron chi connectivity index (χ1n) is 9.28. The van der Waals surface area contributed by atoms with Gasteiger partial charge in [0.05, 0.1) is 5.69 Å². The fourth-order valence-corrected chi connectivity index (χ4v) is 3.47. The molecule has 5 nitrogen and oxygen atoms in total. The van der Waals surface area contributed by atoms with Crippen molar-refractivity contribution in [1.29, 1.82) is 0 Å². The number of anilines is 1. The molecule has 0 radical (unpaired) electrons. The molecule has 0 spiro atoms. The van der Waals surface area contributed by atoms with E-state index < -0.39 is 11.6 Å². The van der Waals surface area contributed by atoms with Gasteiger partial charge in [-0.2, -0.15) is 0 Å². The fourth-order valence-electron chi connectivity index (χ4n) is 3.47. The van der Waals surface area contributed by atoms with E-state index in [1.807, 2.05) is 30.3 Å². The van der Waals surface area contributed by atoms with Crippen LogP contribution in [-0.4, -0.2) is 22.6 Å². The molecule has 2 heterocycles. The van der Waals surface area contributed by atoms with Crippen molar-refractivity contribution in [3.8, 4) is 11.5 Å². The fraction of sp³-hybridized carbons (Fsp3) is 0.286. The number of aryl methyl sites for hydroxylation is 1. The van der Waals surface area contributed by atoms with Crippen molar-refractivity contribution in [2.24, 2.45) is 0 Å². The standard InChI is InChI=1S/C21H19F2N3O2/c22-16-11-12-17(23)20-15(16)8-5-13-26(20)19(27)10-4-9-18-24-25-21(28-18)14-6-2-1-3-7-14/h1-3,6-7,11-12H,4-5,8-10,13H2. The highest BCUT2D eigenvalue weighted by molar-refractivity contribution is 5.94. The molecule has 144 valence electrons. The zero-order valence-electron chi connectivity index (χ0n) is 15.2. The average Bonchev–Trinajstić information content (AvgIpc) is 3.20. The third-order valence-corrected chi connectivity index (χ3v) is 4.82. The quantitative estimate of drug-likeness (QED) is 0.659.